The highest BCUT2D eigenvalue weighted by atomic mass is 32.2. The third kappa shape index (κ3) is 7.53. The third-order valence-electron chi connectivity index (χ3n) is 3.47. The summed E-state index contributed by atoms with van der Waals surface area (Å²) in [4.78, 5) is 0. The minimum absolute atomic E-state index is 0.292. The highest BCUT2D eigenvalue weighted by molar-refractivity contribution is 7.87. The van der Waals surface area contributed by atoms with E-state index in [1.807, 2.05) is 0 Å². The number of hydrogen-bond acceptors (Lipinski definition) is 5. The first-order valence-corrected chi connectivity index (χ1v) is 9.06. The van der Waals surface area contributed by atoms with E-state index in [0.717, 1.165) is 25.9 Å². The molecule has 1 aliphatic heterocycles. The highest BCUT2D eigenvalue weighted by Crippen LogP contribution is 2.17. The molecule has 1 aliphatic rings. The Bertz CT molecular complexity index is 364. The number of nitrogens with one attached hydrogen (secondary N) is 2. The van der Waals surface area contributed by atoms with Gasteiger partial charge in [0.05, 0.1) is 19.8 Å². The monoisotopic (exact) mass is 323 g/mol. The lowest BCUT2D eigenvalue weighted by Crippen LogP contribution is -2.48. The van der Waals surface area contributed by atoms with E-state index in [1.165, 1.54) is 0 Å². The van der Waals surface area contributed by atoms with Gasteiger partial charge < -0.3 is 14.8 Å². The molecule has 0 aromatic heterocycles. The molecule has 0 spiro atoms. The van der Waals surface area contributed by atoms with E-state index in [0.29, 0.717) is 45.4 Å². The summed E-state index contributed by atoms with van der Waals surface area (Å²) < 4.78 is 38.7. The molecule has 0 amide bonds. The van der Waals surface area contributed by atoms with Crippen molar-refractivity contribution in [3.8, 4) is 0 Å². The van der Waals surface area contributed by atoms with Crippen LogP contribution in [0.25, 0.3) is 0 Å². The Morgan fingerprint density at radius 3 is 2.81 bits per heavy atom. The maximum absolute atomic E-state index is 12.2. The third-order valence-corrected chi connectivity index (χ3v) is 5.05. The maximum atomic E-state index is 12.2. The lowest BCUT2D eigenvalue weighted by Gasteiger charge is -2.32. The van der Waals surface area contributed by atoms with E-state index in [4.69, 9.17) is 9.47 Å². The van der Waals surface area contributed by atoms with Crippen molar-refractivity contribution >= 4 is 10.2 Å². The average molecular weight is 323 g/mol. The molecule has 1 unspecified atom stereocenters. The van der Waals surface area contributed by atoms with Gasteiger partial charge in [-0.25, -0.2) is 0 Å². The van der Waals surface area contributed by atoms with Gasteiger partial charge in [-0.05, 0) is 31.8 Å². The van der Waals surface area contributed by atoms with E-state index in [9.17, 15) is 8.42 Å². The second-order valence-corrected chi connectivity index (χ2v) is 6.93. The lowest BCUT2D eigenvalue weighted by molar-refractivity contribution is 0.0734. The molecule has 126 valence electrons. The molecular weight excluding hydrogens is 294 g/mol. The molecular formula is C13H29N3O4S. The molecule has 1 saturated heterocycles. The zero-order chi connectivity index (χ0) is 15.6. The molecule has 0 radical (unpaired) electrons. The molecule has 7 nitrogen and oxygen atoms in total. The van der Waals surface area contributed by atoms with Crippen LogP contribution in [-0.4, -0.2) is 72.4 Å². The normalized spacial score (nSPS) is 20.8. The summed E-state index contributed by atoms with van der Waals surface area (Å²) in [6.45, 7) is 6.69. The van der Waals surface area contributed by atoms with Crippen molar-refractivity contribution in [2.45, 2.75) is 19.8 Å². The molecule has 1 heterocycles. The van der Waals surface area contributed by atoms with Crippen LogP contribution >= 0.6 is 0 Å². The van der Waals surface area contributed by atoms with E-state index in [1.54, 1.807) is 11.4 Å². The zero-order valence-electron chi connectivity index (χ0n) is 13.1. The molecule has 1 fully saturated rings. The first kappa shape index (κ1) is 18.8. The molecule has 0 saturated carbocycles. The lowest BCUT2D eigenvalue weighted by atomic mass is 10.00. The van der Waals surface area contributed by atoms with Gasteiger partial charge in [-0.3, -0.25) is 0 Å². The summed E-state index contributed by atoms with van der Waals surface area (Å²) in [6, 6.07) is 0. The van der Waals surface area contributed by atoms with Crippen molar-refractivity contribution in [2.24, 2.45) is 5.92 Å². The van der Waals surface area contributed by atoms with Crippen molar-refractivity contribution < 1.29 is 17.9 Å². The molecule has 0 aliphatic carbocycles. The van der Waals surface area contributed by atoms with E-state index >= 15 is 0 Å². The second-order valence-electron chi connectivity index (χ2n) is 5.18. The summed E-state index contributed by atoms with van der Waals surface area (Å²) in [5.41, 5.74) is 0. The number of rotatable bonds is 11. The fourth-order valence-corrected chi connectivity index (χ4v) is 3.64. The van der Waals surface area contributed by atoms with Crippen LogP contribution in [0.1, 0.15) is 19.8 Å². The number of ether oxygens (including phenoxy) is 2. The van der Waals surface area contributed by atoms with Crippen molar-refractivity contribution in [3.05, 3.63) is 0 Å². The Morgan fingerprint density at radius 1 is 1.29 bits per heavy atom. The minimum Gasteiger partial charge on any atom is -0.382 e. The van der Waals surface area contributed by atoms with Gasteiger partial charge in [0, 0.05) is 26.7 Å². The van der Waals surface area contributed by atoms with E-state index in [-0.39, 0.29) is 0 Å². The fourth-order valence-electron chi connectivity index (χ4n) is 2.34. The summed E-state index contributed by atoms with van der Waals surface area (Å²) >= 11 is 0. The van der Waals surface area contributed by atoms with E-state index in [2.05, 4.69) is 17.0 Å². The predicted octanol–water partition coefficient (Wildman–Crippen LogP) is -0.195. The number of piperidine rings is 1. The van der Waals surface area contributed by atoms with Crippen LogP contribution in [-0.2, 0) is 19.7 Å². The Labute approximate surface area is 128 Å². The molecule has 1 rings (SSSR count). The number of hydrogen-bond donors (Lipinski definition) is 2. The average Bonchev–Trinajstić information content (AvgIpc) is 2.49. The van der Waals surface area contributed by atoms with Gasteiger partial charge in [-0.2, -0.15) is 17.4 Å². The smallest absolute Gasteiger partial charge is 0.279 e. The first-order chi connectivity index (χ1) is 10.1. The van der Waals surface area contributed by atoms with Crippen molar-refractivity contribution in [1.82, 2.24) is 14.3 Å². The summed E-state index contributed by atoms with van der Waals surface area (Å²) in [6.07, 6.45) is 2.00. The molecule has 1 atom stereocenters. The SMILES string of the molecule is CCNCC1CCCN(S(=O)(=O)NCCOCCOC)C1. The van der Waals surface area contributed by atoms with Gasteiger partial charge in [-0.1, -0.05) is 6.92 Å². The Kier molecular flexibility index (Phi) is 9.37. The Morgan fingerprint density at radius 2 is 2.10 bits per heavy atom. The summed E-state index contributed by atoms with van der Waals surface area (Å²) in [5.74, 6) is 0.397. The zero-order valence-corrected chi connectivity index (χ0v) is 14.0. The summed E-state index contributed by atoms with van der Waals surface area (Å²) in [5, 5.41) is 3.29. The topological polar surface area (TPSA) is 79.9 Å². The Balaban J connectivity index is 2.28. The van der Waals surface area contributed by atoms with Crippen LogP contribution in [0.3, 0.4) is 0 Å². The van der Waals surface area contributed by atoms with E-state index < -0.39 is 10.2 Å². The largest absolute Gasteiger partial charge is 0.382 e. The maximum Gasteiger partial charge on any atom is 0.279 e. The van der Waals surface area contributed by atoms with Crippen molar-refractivity contribution in [1.29, 1.82) is 0 Å². The molecule has 8 heteroatoms. The van der Waals surface area contributed by atoms with Crippen LogP contribution < -0.4 is 10.0 Å². The van der Waals surface area contributed by atoms with Crippen LogP contribution in [0.2, 0.25) is 0 Å². The second kappa shape index (κ2) is 10.5. The van der Waals surface area contributed by atoms with Gasteiger partial charge in [0.2, 0.25) is 0 Å². The van der Waals surface area contributed by atoms with Gasteiger partial charge in [-0.15, -0.1) is 0 Å². The van der Waals surface area contributed by atoms with Crippen molar-refractivity contribution in [2.75, 3.05) is 59.7 Å². The standard InChI is InChI=1S/C13H29N3O4S/c1-3-14-11-13-5-4-7-16(12-13)21(17,18)15-6-8-20-10-9-19-2/h13-15H,3-12H2,1-2H3. The van der Waals surface area contributed by atoms with Crippen LogP contribution in [0.4, 0.5) is 0 Å². The minimum atomic E-state index is -3.39. The van der Waals surface area contributed by atoms with Crippen LogP contribution in [0, 0.1) is 5.92 Å². The molecule has 21 heavy (non-hydrogen) atoms. The molecule has 0 aromatic carbocycles. The molecule has 2 N–H and O–H groups in total. The first-order valence-electron chi connectivity index (χ1n) is 7.62. The van der Waals surface area contributed by atoms with Gasteiger partial charge in [0.15, 0.2) is 0 Å². The molecule has 0 aromatic rings. The molecule has 0 bridgehead atoms. The summed E-state index contributed by atoms with van der Waals surface area (Å²) in [7, 11) is -1.79. The number of methoxy groups -OCH3 is 1. The van der Waals surface area contributed by atoms with Gasteiger partial charge in [0.1, 0.15) is 0 Å². The van der Waals surface area contributed by atoms with Crippen LogP contribution in [0.5, 0.6) is 0 Å². The van der Waals surface area contributed by atoms with Crippen LogP contribution in [0.15, 0.2) is 0 Å². The highest BCUT2D eigenvalue weighted by Gasteiger charge is 2.28. The Hall–Kier alpha value is -0.250. The fraction of sp³-hybridized carbons (Fsp3) is 1.00. The number of nitrogens with zero attached hydrogens (tertiary/aromatic N) is 1. The van der Waals surface area contributed by atoms with Gasteiger partial charge in [0.25, 0.3) is 10.2 Å². The quantitative estimate of drug-likeness (QED) is 0.515. The van der Waals surface area contributed by atoms with Crippen molar-refractivity contribution in [3.63, 3.8) is 0 Å². The van der Waals surface area contributed by atoms with Gasteiger partial charge >= 0.3 is 0 Å². The predicted molar refractivity (Wildman–Crippen MR) is 82.5 cm³/mol.